The summed E-state index contributed by atoms with van der Waals surface area (Å²) in [5, 5.41) is 153. The largest absolute Gasteiger partial charge is 0.395 e. The summed E-state index contributed by atoms with van der Waals surface area (Å²) in [5.41, 5.74) is 0. The maximum atomic E-state index is 9.67. The van der Waals surface area contributed by atoms with Gasteiger partial charge in [0.15, 0.2) is 0 Å². The summed E-state index contributed by atoms with van der Waals surface area (Å²) in [5.74, 6) is 0. The number of hydrogen-bond acceptors (Lipinski definition) is 20. The Kier molecular flexibility index (Phi) is 26.9. The number of unbranched alkanes of at least 4 members (excludes halogenated alkanes) is 2. The zero-order valence-electron chi connectivity index (χ0n) is 30.6. The number of rotatable bonds is 10. The van der Waals surface area contributed by atoms with Crippen LogP contribution in [-0.4, -0.2) is 255 Å². The van der Waals surface area contributed by atoms with Gasteiger partial charge < -0.3 is 92.3 Å². The van der Waals surface area contributed by atoms with E-state index in [-0.39, 0.29) is 51.9 Å². The minimum atomic E-state index is -1.16. The van der Waals surface area contributed by atoms with E-state index in [0.717, 1.165) is 38.8 Å². The Morgan fingerprint density at radius 2 is 0.736 bits per heavy atom. The molecule has 320 valence electrons. The minimum absolute atomic E-state index is 0. The van der Waals surface area contributed by atoms with Crippen molar-refractivity contribution in [3.05, 3.63) is 0 Å². The van der Waals surface area contributed by atoms with E-state index in [1.165, 1.54) is 0 Å². The third kappa shape index (κ3) is 15.7. The second kappa shape index (κ2) is 27.2. The van der Waals surface area contributed by atoms with Gasteiger partial charge in [-0.05, 0) is 25.9 Å². The van der Waals surface area contributed by atoms with E-state index in [0.29, 0.717) is 13.1 Å². The fourth-order valence-corrected chi connectivity index (χ4v) is 6.30. The fourth-order valence-electron chi connectivity index (χ4n) is 6.30. The van der Waals surface area contributed by atoms with Crippen molar-refractivity contribution in [3.8, 4) is 0 Å². The minimum Gasteiger partial charge on any atom is -0.395 e. The Balaban J connectivity index is 0.000000683. The van der Waals surface area contributed by atoms with Crippen LogP contribution in [0.1, 0.15) is 39.5 Å². The number of nitrogens with zero attached hydrogens (tertiary/aromatic N) is 2. The van der Waals surface area contributed by atoms with Gasteiger partial charge in [0.1, 0.15) is 36.6 Å². The number of halogens is 1. The van der Waals surface area contributed by atoms with Gasteiger partial charge in [-0.1, -0.05) is 26.7 Å². The SMILES string of the molecule is CCCCN1C[C@@H](O)[C@@H](O)[C@H](O)[C@H]1CO.CCCCN1C[C@H](O)[C@@H](O)[C@H](O)[C@H]1CO.Cl.OC[C@H]1NC[C@H](O)[C@@H](O)[C@@H]1O.OC[C@H]1NC[C@H](O)[C@@H](O)[C@@H]1O. The Morgan fingerprint density at radius 1 is 0.434 bits per heavy atom. The van der Waals surface area contributed by atoms with Crippen LogP contribution >= 0.6 is 12.4 Å². The first kappa shape index (κ1) is 52.5. The van der Waals surface area contributed by atoms with Crippen LogP contribution in [0.4, 0.5) is 0 Å². The number of aliphatic hydroxyl groups is 16. The molecule has 4 saturated heterocycles. The summed E-state index contributed by atoms with van der Waals surface area (Å²) in [6, 6.07) is -1.99. The molecule has 4 heterocycles. The lowest BCUT2D eigenvalue weighted by Crippen LogP contribution is -2.62. The van der Waals surface area contributed by atoms with Crippen molar-refractivity contribution >= 4 is 12.4 Å². The van der Waals surface area contributed by atoms with E-state index < -0.39 is 97.4 Å². The van der Waals surface area contributed by atoms with Crippen molar-refractivity contribution in [1.82, 2.24) is 20.4 Å². The van der Waals surface area contributed by atoms with Crippen LogP contribution in [0.2, 0.25) is 0 Å². The highest BCUT2D eigenvalue weighted by atomic mass is 35.5. The van der Waals surface area contributed by atoms with Crippen molar-refractivity contribution in [3.63, 3.8) is 0 Å². The van der Waals surface area contributed by atoms with Crippen molar-refractivity contribution in [1.29, 1.82) is 0 Å². The van der Waals surface area contributed by atoms with Gasteiger partial charge in [0, 0.05) is 26.2 Å². The van der Waals surface area contributed by atoms with Gasteiger partial charge in [0.2, 0.25) is 0 Å². The maximum absolute atomic E-state index is 9.67. The normalized spacial score (nSPS) is 40.6. The van der Waals surface area contributed by atoms with Crippen LogP contribution in [0.15, 0.2) is 0 Å². The molecule has 0 radical (unpaired) electrons. The molecular weight excluding hydrogens is 732 g/mol. The van der Waals surface area contributed by atoms with Gasteiger partial charge >= 0.3 is 0 Å². The van der Waals surface area contributed by atoms with Gasteiger partial charge in [0.05, 0.1) is 87.2 Å². The number of piperidine rings is 4. The smallest absolute Gasteiger partial charge is 0.109 e. The average molecular weight is 801 g/mol. The number of aliphatic hydroxyl groups excluding tert-OH is 16. The van der Waals surface area contributed by atoms with Gasteiger partial charge in [0.25, 0.3) is 0 Å². The molecule has 0 spiro atoms. The van der Waals surface area contributed by atoms with Crippen molar-refractivity contribution in [2.75, 3.05) is 65.7 Å². The summed E-state index contributed by atoms with van der Waals surface area (Å²) in [7, 11) is 0. The highest BCUT2D eigenvalue weighted by Crippen LogP contribution is 2.20. The monoisotopic (exact) mass is 800 g/mol. The van der Waals surface area contributed by atoms with E-state index in [4.69, 9.17) is 40.9 Å². The first-order chi connectivity index (χ1) is 24.6. The molecule has 0 amide bonds. The van der Waals surface area contributed by atoms with Crippen LogP contribution in [-0.2, 0) is 0 Å². The van der Waals surface area contributed by atoms with Crippen LogP contribution in [0.25, 0.3) is 0 Å². The molecule has 0 aromatic heterocycles. The first-order valence-electron chi connectivity index (χ1n) is 18.1. The molecule has 0 aromatic rings. The lowest BCUT2D eigenvalue weighted by atomic mass is 9.94. The summed E-state index contributed by atoms with van der Waals surface area (Å²) in [6.45, 7) is 5.68. The molecular formula is C32H69ClN4O16. The number of nitrogens with one attached hydrogen (secondary N) is 2. The molecule has 0 saturated carbocycles. The molecule has 4 rings (SSSR count). The lowest BCUT2D eigenvalue weighted by Gasteiger charge is -2.43. The van der Waals surface area contributed by atoms with E-state index in [2.05, 4.69) is 24.5 Å². The zero-order valence-corrected chi connectivity index (χ0v) is 31.4. The maximum Gasteiger partial charge on any atom is 0.109 e. The van der Waals surface area contributed by atoms with Gasteiger partial charge in [-0.3, -0.25) is 9.80 Å². The molecule has 20 nitrogen and oxygen atoms in total. The average Bonchev–Trinajstić information content (AvgIpc) is 3.13. The zero-order chi connectivity index (χ0) is 39.7. The first-order valence-corrected chi connectivity index (χ1v) is 18.1. The Bertz CT molecular complexity index is 856. The van der Waals surface area contributed by atoms with Crippen molar-refractivity contribution in [2.45, 2.75) is 137 Å². The molecule has 4 aliphatic rings. The molecule has 18 N–H and O–H groups in total. The highest BCUT2D eigenvalue weighted by molar-refractivity contribution is 5.85. The predicted octanol–water partition coefficient (Wildman–Crippen LogP) is -8.42. The molecule has 53 heavy (non-hydrogen) atoms. The Hall–Kier alpha value is -0.510. The predicted molar refractivity (Wildman–Crippen MR) is 192 cm³/mol. The second-order valence-electron chi connectivity index (χ2n) is 13.8. The molecule has 16 atom stereocenters. The number of β-amino-alcohol motifs (C(OH)–C–C–N with tert-alkyl or cyclic N) is 4. The lowest BCUT2D eigenvalue weighted by molar-refractivity contribution is -0.145. The van der Waals surface area contributed by atoms with Crippen LogP contribution in [0.3, 0.4) is 0 Å². The van der Waals surface area contributed by atoms with Gasteiger partial charge in [-0.25, -0.2) is 0 Å². The number of likely N-dealkylation sites (tertiary alicyclic amines) is 2. The molecule has 4 fully saturated rings. The topological polar surface area (TPSA) is 354 Å². The van der Waals surface area contributed by atoms with E-state index >= 15 is 0 Å². The van der Waals surface area contributed by atoms with Gasteiger partial charge in [-0.15, -0.1) is 12.4 Å². The molecule has 21 heteroatoms. The molecule has 0 bridgehead atoms. The molecule has 4 aliphatic heterocycles. The van der Waals surface area contributed by atoms with Crippen LogP contribution in [0, 0.1) is 0 Å². The van der Waals surface area contributed by atoms with Crippen molar-refractivity contribution in [2.24, 2.45) is 0 Å². The number of hydrogen-bond donors (Lipinski definition) is 18. The highest BCUT2D eigenvalue weighted by Gasteiger charge is 2.42. The third-order valence-electron chi connectivity index (χ3n) is 9.91. The van der Waals surface area contributed by atoms with Crippen molar-refractivity contribution < 1.29 is 81.7 Å². The second-order valence-corrected chi connectivity index (χ2v) is 13.8. The summed E-state index contributed by atoms with van der Waals surface area (Å²) in [4.78, 5) is 3.68. The molecule has 0 aliphatic carbocycles. The van der Waals surface area contributed by atoms with E-state index in [1.54, 1.807) is 0 Å². The summed E-state index contributed by atoms with van der Waals surface area (Å²) < 4.78 is 0. The molecule has 0 unspecified atom stereocenters. The Morgan fingerprint density at radius 3 is 1.00 bits per heavy atom. The quantitative estimate of drug-likeness (QED) is 0.0975. The van der Waals surface area contributed by atoms with Crippen LogP contribution in [0.5, 0.6) is 0 Å². The summed E-state index contributed by atoms with van der Waals surface area (Å²) >= 11 is 0. The summed E-state index contributed by atoms with van der Waals surface area (Å²) in [6.07, 6.45) is -8.79. The Labute approximate surface area is 317 Å². The van der Waals surface area contributed by atoms with Gasteiger partial charge in [-0.2, -0.15) is 0 Å². The van der Waals surface area contributed by atoms with Crippen LogP contribution < -0.4 is 10.6 Å². The fraction of sp³-hybridized carbons (Fsp3) is 1.00. The van der Waals surface area contributed by atoms with E-state index in [1.807, 2.05) is 9.80 Å². The third-order valence-corrected chi connectivity index (χ3v) is 9.91. The van der Waals surface area contributed by atoms with E-state index in [9.17, 15) is 40.9 Å². The molecule has 0 aromatic carbocycles. The standard InChI is InChI=1S/2C10H21NO4.2C6H13NO4.ClH/c2*1-2-3-4-11-5-8(13)10(15)9(14)7(11)6-12;2*8-2-3-5(10)6(11)4(9)1-7-3;/h2*7-10,12-15H,2-6H2,1H3;2*3-11H,1-2H2;1H/t7-,8+,9-,10-;7-,8-,9-,10-;2*3-,4+,5-,6-;/m1111./s1.